The summed E-state index contributed by atoms with van der Waals surface area (Å²) in [5.41, 5.74) is 0. The van der Waals surface area contributed by atoms with E-state index in [9.17, 15) is 9.59 Å². The van der Waals surface area contributed by atoms with Crippen molar-refractivity contribution in [1.82, 2.24) is 15.1 Å². The molecule has 1 atom stereocenters. The largest absolute Gasteiger partial charge is 0.383 e. The van der Waals surface area contributed by atoms with Gasteiger partial charge in [0, 0.05) is 39.3 Å². The summed E-state index contributed by atoms with van der Waals surface area (Å²) in [6, 6.07) is 3.62. The normalized spacial score (nSPS) is 18.7. The molecule has 2 rings (SSSR count). The molecule has 0 aliphatic carbocycles. The van der Waals surface area contributed by atoms with E-state index >= 15 is 0 Å². The highest BCUT2D eigenvalue weighted by Gasteiger charge is 2.30. The lowest BCUT2D eigenvalue weighted by Gasteiger charge is -2.39. The number of carbonyl (C=O) groups is 2. The number of piperazine rings is 1. The lowest BCUT2D eigenvalue weighted by Crippen LogP contribution is -2.57. The number of nitrogens with zero attached hydrogens (tertiary/aromatic N) is 2. The number of nitrogens with one attached hydrogen (secondary N) is 1. The molecule has 1 fully saturated rings. The maximum atomic E-state index is 12.3. The quantitative estimate of drug-likeness (QED) is 0.851. The fraction of sp³-hybridized carbons (Fsp3) is 0.571. The van der Waals surface area contributed by atoms with E-state index in [2.05, 4.69) is 5.32 Å². The van der Waals surface area contributed by atoms with Crippen LogP contribution in [-0.4, -0.2) is 67.7 Å². The number of hydrogen-bond acceptors (Lipinski definition) is 4. The lowest BCUT2D eigenvalue weighted by atomic mass is 10.2. The summed E-state index contributed by atoms with van der Waals surface area (Å²) >= 11 is 1.45. The van der Waals surface area contributed by atoms with Crippen molar-refractivity contribution in [2.75, 3.05) is 39.9 Å². The Balaban J connectivity index is 1.87. The highest BCUT2D eigenvalue weighted by atomic mass is 32.1. The monoisotopic (exact) mass is 311 g/mol. The number of amides is 3. The molecule has 0 spiro atoms. The van der Waals surface area contributed by atoms with Crippen LogP contribution in [0.4, 0.5) is 4.79 Å². The molecule has 0 saturated carbocycles. The zero-order chi connectivity index (χ0) is 15.2. The Morgan fingerprint density at radius 1 is 1.48 bits per heavy atom. The van der Waals surface area contributed by atoms with Crippen molar-refractivity contribution >= 4 is 23.3 Å². The summed E-state index contributed by atoms with van der Waals surface area (Å²) in [7, 11) is 1.60. The van der Waals surface area contributed by atoms with Crippen LogP contribution in [-0.2, 0) is 4.74 Å². The third-order valence-corrected chi connectivity index (χ3v) is 4.35. The highest BCUT2D eigenvalue weighted by Crippen LogP contribution is 2.16. The average molecular weight is 311 g/mol. The molecule has 0 radical (unpaired) electrons. The first-order valence-corrected chi connectivity index (χ1v) is 7.87. The van der Waals surface area contributed by atoms with Gasteiger partial charge in [-0.3, -0.25) is 4.79 Å². The van der Waals surface area contributed by atoms with Crippen LogP contribution in [0.25, 0.3) is 0 Å². The van der Waals surface area contributed by atoms with Crippen LogP contribution in [0.3, 0.4) is 0 Å². The van der Waals surface area contributed by atoms with Crippen molar-refractivity contribution in [2.45, 2.75) is 13.0 Å². The van der Waals surface area contributed by atoms with E-state index in [0.717, 1.165) is 4.88 Å². The van der Waals surface area contributed by atoms with Crippen molar-refractivity contribution < 1.29 is 14.3 Å². The molecule has 3 amide bonds. The average Bonchev–Trinajstić information content (AvgIpc) is 3.00. The zero-order valence-corrected chi connectivity index (χ0v) is 13.2. The van der Waals surface area contributed by atoms with Crippen molar-refractivity contribution in [1.29, 1.82) is 0 Å². The van der Waals surface area contributed by atoms with Crippen LogP contribution in [0.1, 0.15) is 16.6 Å². The molecule has 1 N–H and O–H groups in total. The Bertz CT molecular complexity index is 478. The molecular weight excluding hydrogens is 290 g/mol. The fourth-order valence-corrected chi connectivity index (χ4v) is 3.05. The summed E-state index contributed by atoms with van der Waals surface area (Å²) in [5.74, 6) is 0.0521. The van der Waals surface area contributed by atoms with E-state index in [4.69, 9.17) is 4.74 Å². The summed E-state index contributed by atoms with van der Waals surface area (Å²) in [4.78, 5) is 28.7. The number of methoxy groups -OCH3 is 1. The van der Waals surface area contributed by atoms with Crippen LogP contribution in [0.15, 0.2) is 17.5 Å². The molecule has 7 heteroatoms. The number of thiophene rings is 1. The van der Waals surface area contributed by atoms with Crippen molar-refractivity contribution in [2.24, 2.45) is 0 Å². The van der Waals surface area contributed by atoms with Gasteiger partial charge in [-0.1, -0.05) is 6.07 Å². The second-order valence-corrected chi connectivity index (χ2v) is 5.94. The van der Waals surface area contributed by atoms with Crippen molar-refractivity contribution in [3.8, 4) is 0 Å². The standard InChI is InChI=1S/C14H21N3O3S/c1-11-10-16(13(18)12-4-3-9-21-12)6-7-17(11)14(19)15-5-8-20-2/h3-4,9,11H,5-8,10H2,1-2H3,(H,15,19). The van der Waals surface area contributed by atoms with E-state index in [1.165, 1.54) is 11.3 Å². The molecule has 1 aromatic heterocycles. The molecular formula is C14H21N3O3S. The van der Waals surface area contributed by atoms with Crippen LogP contribution < -0.4 is 5.32 Å². The first-order valence-electron chi connectivity index (χ1n) is 6.99. The molecule has 0 aromatic carbocycles. The number of ether oxygens (including phenoxy) is 1. The molecule has 1 aliphatic heterocycles. The third kappa shape index (κ3) is 3.95. The van der Waals surface area contributed by atoms with Gasteiger partial charge in [0.15, 0.2) is 0 Å². The first-order chi connectivity index (χ1) is 10.1. The molecule has 1 saturated heterocycles. The lowest BCUT2D eigenvalue weighted by molar-refractivity contribution is 0.0582. The van der Waals surface area contributed by atoms with Crippen molar-refractivity contribution in [3.05, 3.63) is 22.4 Å². The molecule has 2 heterocycles. The van der Waals surface area contributed by atoms with Gasteiger partial charge in [-0.2, -0.15) is 0 Å². The van der Waals surface area contributed by atoms with Crippen LogP contribution in [0.5, 0.6) is 0 Å². The van der Waals surface area contributed by atoms with E-state index < -0.39 is 0 Å². The SMILES string of the molecule is COCCNC(=O)N1CCN(C(=O)c2cccs2)CC1C. The number of hydrogen-bond donors (Lipinski definition) is 1. The smallest absolute Gasteiger partial charge is 0.317 e. The van der Waals surface area contributed by atoms with E-state index in [-0.39, 0.29) is 18.0 Å². The first kappa shape index (κ1) is 15.8. The van der Waals surface area contributed by atoms with Gasteiger partial charge in [0.1, 0.15) is 0 Å². The maximum absolute atomic E-state index is 12.3. The minimum absolute atomic E-state index is 0.00482. The Labute approximate surface area is 128 Å². The molecule has 116 valence electrons. The summed E-state index contributed by atoms with van der Waals surface area (Å²) in [5, 5.41) is 4.71. The Hall–Kier alpha value is -1.60. The van der Waals surface area contributed by atoms with Gasteiger partial charge in [-0.05, 0) is 18.4 Å². The Kier molecular flexibility index (Phi) is 5.58. The molecule has 1 unspecified atom stereocenters. The van der Waals surface area contributed by atoms with Crippen LogP contribution in [0, 0.1) is 0 Å². The minimum Gasteiger partial charge on any atom is -0.383 e. The van der Waals surface area contributed by atoms with Gasteiger partial charge in [0.2, 0.25) is 0 Å². The number of rotatable bonds is 4. The number of carbonyl (C=O) groups excluding carboxylic acids is 2. The molecule has 1 aliphatic rings. The second-order valence-electron chi connectivity index (χ2n) is 5.00. The van der Waals surface area contributed by atoms with Gasteiger partial charge in [0.25, 0.3) is 5.91 Å². The molecule has 0 bridgehead atoms. The minimum atomic E-state index is -0.0947. The van der Waals surface area contributed by atoms with Gasteiger partial charge in [-0.15, -0.1) is 11.3 Å². The van der Waals surface area contributed by atoms with E-state index in [0.29, 0.717) is 32.8 Å². The maximum Gasteiger partial charge on any atom is 0.317 e. The Morgan fingerprint density at radius 2 is 2.29 bits per heavy atom. The molecule has 1 aromatic rings. The van der Waals surface area contributed by atoms with Gasteiger partial charge >= 0.3 is 6.03 Å². The fourth-order valence-electron chi connectivity index (χ4n) is 2.36. The van der Waals surface area contributed by atoms with Crippen molar-refractivity contribution in [3.63, 3.8) is 0 Å². The van der Waals surface area contributed by atoms with E-state index in [1.807, 2.05) is 29.3 Å². The summed E-state index contributed by atoms with van der Waals surface area (Å²) < 4.78 is 4.91. The van der Waals surface area contributed by atoms with Crippen LogP contribution >= 0.6 is 11.3 Å². The van der Waals surface area contributed by atoms with E-state index in [1.54, 1.807) is 12.0 Å². The predicted octanol–water partition coefficient (Wildman–Crippen LogP) is 1.25. The van der Waals surface area contributed by atoms with Crippen LogP contribution in [0.2, 0.25) is 0 Å². The predicted molar refractivity (Wildman–Crippen MR) is 81.7 cm³/mol. The highest BCUT2D eigenvalue weighted by molar-refractivity contribution is 7.12. The van der Waals surface area contributed by atoms with Gasteiger partial charge in [-0.25, -0.2) is 4.79 Å². The number of urea groups is 1. The van der Waals surface area contributed by atoms with Gasteiger partial charge in [0.05, 0.1) is 11.5 Å². The van der Waals surface area contributed by atoms with Gasteiger partial charge < -0.3 is 19.9 Å². The second kappa shape index (κ2) is 7.42. The Morgan fingerprint density at radius 3 is 2.90 bits per heavy atom. The summed E-state index contributed by atoms with van der Waals surface area (Å²) in [6.45, 7) is 4.64. The topological polar surface area (TPSA) is 61.9 Å². The zero-order valence-electron chi connectivity index (χ0n) is 12.4. The molecule has 6 nitrogen and oxygen atoms in total. The molecule has 21 heavy (non-hydrogen) atoms. The third-order valence-electron chi connectivity index (χ3n) is 3.49. The summed E-state index contributed by atoms with van der Waals surface area (Å²) in [6.07, 6.45) is 0.